The van der Waals surface area contributed by atoms with Crippen LogP contribution in [0.25, 0.3) is 0 Å². The van der Waals surface area contributed by atoms with Crippen molar-refractivity contribution in [2.45, 2.75) is 31.8 Å². The van der Waals surface area contributed by atoms with E-state index in [2.05, 4.69) is 0 Å². The van der Waals surface area contributed by atoms with Gasteiger partial charge in [0.2, 0.25) is 0 Å². The van der Waals surface area contributed by atoms with Gasteiger partial charge in [0.25, 0.3) is 0 Å². The number of hydrogen-bond acceptors (Lipinski definition) is 3. The number of nitrogens with two attached hydrogens (primary N) is 3. The lowest BCUT2D eigenvalue weighted by Crippen LogP contribution is -2.42. The molecular formula is C6H17N3. The molecule has 3 nitrogen and oxygen atoms in total. The molecule has 0 spiro atoms. The standard InChI is InChI=1S/C6H17N3/c1-2-5(8)6(9)3-4-7/h5-6H,2-4,7-9H2,1H3. The lowest BCUT2D eigenvalue weighted by molar-refractivity contribution is 0.489. The first-order valence-electron chi connectivity index (χ1n) is 3.43. The summed E-state index contributed by atoms with van der Waals surface area (Å²) in [6.07, 6.45) is 1.76. The Labute approximate surface area is 56.6 Å². The van der Waals surface area contributed by atoms with Crippen molar-refractivity contribution >= 4 is 0 Å². The van der Waals surface area contributed by atoms with Crippen LogP contribution in [-0.2, 0) is 0 Å². The van der Waals surface area contributed by atoms with E-state index in [1.54, 1.807) is 0 Å². The van der Waals surface area contributed by atoms with Gasteiger partial charge in [0.1, 0.15) is 0 Å². The average molecular weight is 131 g/mol. The highest BCUT2D eigenvalue weighted by molar-refractivity contribution is 4.74. The summed E-state index contributed by atoms with van der Waals surface area (Å²) in [5.74, 6) is 0. The summed E-state index contributed by atoms with van der Waals surface area (Å²) < 4.78 is 0. The molecule has 3 heteroatoms. The van der Waals surface area contributed by atoms with Crippen LogP contribution in [0.3, 0.4) is 0 Å². The Hall–Kier alpha value is -0.120. The van der Waals surface area contributed by atoms with Gasteiger partial charge in [-0.05, 0) is 19.4 Å². The van der Waals surface area contributed by atoms with E-state index in [-0.39, 0.29) is 12.1 Å². The van der Waals surface area contributed by atoms with E-state index in [0.29, 0.717) is 6.54 Å². The third kappa shape index (κ3) is 3.46. The zero-order chi connectivity index (χ0) is 7.28. The highest BCUT2D eigenvalue weighted by atomic mass is 14.8. The van der Waals surface area contributed by atoms with Crippen LogP contribution in [0, 0.1) is 0 Å². The van der Waals surface area contributed by atoms with E-state index >= 15 is 0 Å². The third-order valence-corrected chi connectivity index (χ3v) is 1.52. The van der Waals surface area contributed by atoms with Crippen molar-refractivity contribution < 1.29 is 0 Å². The van der Waals surface area contributed by atoms with Gasteiger partial charge in [-0.2, -0.15) is 0 Å². The molecule has 0 bridgehead atoms. The van der Waals surface area contributed by atoms with Gasteiger partial charge < -0.3 is 17.2 Å². The predicted molar refractivity (Wildman–Crippen MR) is 39.9 cm³/mol. The van der Waals surface area contributed by atoms with E-state index < -0.39 is 0 Å². The Morgan fingerprint density at radius 1 is 1.22 bits per heavy atom. The fraction of sp³-hybridized carbons (Fsp3) is 1.00. The zero-order valence-electron chi connectivity index (χ0n) is 6.01. The second-order valence-electron chi connectivity index (χ2n) is 2.31. The minimum Gasteiger partial charge on any atom is -0.330 e. The van der Waals surface area contributed by atoms with E-state index in [4.69, 9.17) is 17.2 Å². The van der Waals surface area contributed by atoms with Crippen LogP contribution in [-0.4, -0.2) is 18.6 Å². The second kappa shape index (κ2) is 4.73. The highest BCUT2D eigenvalue weighted by Crippen LogP contribution is 1.94. The molecule has 6 N–H and O–H groups in total. The molecule has 0 fully saturated rings. The first kappa shape index (κ1) is 8.88. The molecule has 0 amide bonds. The summed E-state index contributed by atoms with van der Waals surface area (Å²) in [5.41, 5.74) is 16.5. The lowest BCUT2D eigenvalue weighted by Gasteiger charge is -2.16. The molecule has 2 unspecified atom stereocenters. The zero-order valence-corrected chi connectivity index (χ0v) is 6.01. The van der Waals surface area contributed by atoms with Gasteiger partial charge in [0.05, 0.1) is 0 Å². The smallest absolute Gasteiger partial charge is 0.0204 e. The van der Waals surface area contributed by atoms with Crippen LogP contribution >= 0.6 is 0 Å². The van der Waals surface area contributed by atoms with E-state index in [1.807, 2.05) is 6.92 Å². The Morgan fingerprint density at radius 3 is 2.11 bits per heavy atom. The Morgan fingerprint density at radius 2 is 1.78 bits per heavy atom. The molecule has 0 aliphatic carbocycles. The SMILES string of the molecule is CCC(N)C(N)CCN. The van der Waals surface area contributed by atoms with E-state index in [0.717, 1.165) is 12.8 Å². The summed E-state index contributed by atoms with van der Waals surface area (Å²) in [4.78, 5) is 0. The normalized spacial score (nSPS) is 17.3. The second-order valence-corrected chi connectivity index (χ2v) is 2.31. The molecule has 0 radical (unpaired) electrons. The van der Waals surface area contributed by atoms with Crippen LogP contribution < -0.4 is 17.2 Å². The van der Waals surface area contributed by atoms with Crippen LogP contribution in [0.15, 0.2) is 0 Å². The third-order valence-electron chi connectivity index (χ3n) is 1.52. The molecule has 0 aliphatic heterocycles. The Balaban J connectivity index is 3.32. The first-order valence-corrected chi connectivity index (χ1v) is 3.43. The molecule has 56 valence electrons. The van der Waals surface area contributed by atoms with Gasteiger partial charge in [-0.1, -0.05) is 6.92 Å². The average Bonchev–Trinajstić information content (AvgIpc) is 1.87. The monoisotopic (exact) mass is 131 g/mol. The molecule has 0 aliphatic rings. The van der Waals surface area contributed by atoms with Gasteiger partial charge in [0.15, 0.2) is 0 Å². The number of hydrogen-bond donors (Lipinski definition) is 3. The molecular weight excluding hydrogens is 114 g/mol. The summed E-state index contributed by atoms with van der Waals surface area (Å²) >= 11 is 0. The van der Waals surface area contributed by atoms with Gasteiger partial charge in [-0.15, -0.1) is 0 Å². The molecule has 0 aromatic rings. The van der Waals surface area contributed by atoms with Crippen molar-refractivity contribution in [2.24, 2.45) is 17.2 Å². The summed E-state index contributed by atoms with van der Waals surface area (Å²) in [7, 11) is 0. The van der Waals surface area contributed by atoms with Crippen molar-refractivity contribution in [2.75, 3.05) is 6.54 Å². The Bertz CT molecular complexity index is 65.3. The van der Waals surface area contributed by atoms with E-state index in [9.17, 15) is 0 Å². The van der Waals surface area contributed by atoms with Crippen LogP contribution in [0.4, 0.5) is 0 Å². The van der Waals surface area contributed by atoms with Crippen LogP contribution in [0.1, 0.15) is 19.8 Å². The van der Waals surface area contributed by atoms with E-state index in [1.165, 1.54) is 0 Å². The minimum atomic E-state index is 0.0833. The fourth-order valence-electron chi connectivity index (χ4n) is 0.709. The largest absolute Gasteiger partial charge is 0.330 e. The molecule has 0 rings (SSSR count). The van der Waals surface area contributed by atoms with Crippen LogP contribution in [0.2, 0.25) is 0 Å². The van der Waals surface area contributed by atoms with Crippen molar-refractivity contribution in [1.29, 1.82) is 0 Å². The van der Waals surface area contributed by atoms with Gasteiger partial charge in [-0.3, -0.25) is 0 Å². The molecule has 0 aromatic heterocycles. The highest BCUT2D eigenvalue weighted by Gasteiger charge is 2.08. The van der Waals surface area contributed by atoms with Crippen LogP contribution in [0.5, 0.6) is 0 Å². The Kier molecular flexibility index (Phi) is 4.67. The molecule has 0 heterocycles. The molecule has 0 saturated heterocycles. The van der Waals surface area contributed by atoms with Crippen molar-refractivity contribution in [1.82, 2.24) is 0 Å². The first-order chi connectivity index (χ1) is 4.22. The number of rotatable bonds is 4. The maximum atomic E-state index is 5.63. The summed E-state index contributed by atoms with van der Waals surface area (Å²) in [6.45, 7) is 2.66. The lowest BCUT2D eigenvalue weighted by atomic mass is 10.1. The summed E-state index contributed by atoms with van der Waals surface area (Å²) in [6, 6.07) is 0.202. The molecule has 2 atom stereocenters. The van der Waals surface area contributed by atoms with Gasteiger partial charge in [-0.25, -0.2) is 0 Å². The van der Waals surface area contributed by atoms with Gasteiger partial charge in [0, 0.05) is 12.1 Å². The van der Waals surface area contributed by atoms with Crippen molar-refractivity contribution in [3.05, 3.63) is 0 Å². The maximum absolute atomic E-state index is 5.63. The molecule has 0 saturated carbocycles. The molecule has 9 heavy (non-hydrogen) atoms. The fourth-order valence-corrected chi connectivity index (χ4v) is 0.709. The predicted octanol–water partition coefficient (Wildman–Crippen LogP) is -0.600. The molecule has 0 aromatic carbocycles. The quantitative estimate of drug-likeness (QED) is 0.476. The van der Waals surface area contributed by atoms with Crippen molar-refractivity contribution in [3.63, 3.8) is 0 Å². The summed E-state index contributed by atoms with van der Waals surface area (Å²) in [5, 5.41) is 0. The minimum absolute atomic E-state index is 0.0833. The maximum Gasteiger partial charge on any atom is 0.0204 e. The van der Waals surface area contributed by atoms with Crippen molar-refractivity contribution in [3.8, 4) is 0 Å². The topological polar surface area (TPSA) is 78.1 Å². The van der Waals surface area contributed by atoms with Gasteiger partial charge >= 0.3 is 0 Å².